The molecule has 2 aromatic rings. The van der Waals surface area contributed by atoms with Crippen molar-refractivity contribution in [2.75, 3.05) is 0 Å². The lowest BCUT2D eigenvalue weighted by Gasteiger charge is -2.10. The maximum absolute atomic E-state index is 12.1. The summed E-state index contributed by atoms with van der Waals surface area (Å²) in [4.78, 5) is 0. The second kappa shape index (κ2) is 5.73. The lowest BCUT2D eigenvalue weighted by atomic mass is 10.0. The third-order valence-corrected chi connectivity index (χ3v) is 2.94. The summed E-state index contributed by atoms with van der Waals surface area (Å²) in [5, 5.41) is 9.53. The van der Waals surface area contributed by atoms with Gasteiger partial charge in [-0.25, -0.2) is 0 Å². The number of alkyl halides is 3. The number of rotatable bonds is 3. The molecule has 0 fully saturated rings. The minimum Gasteiger partial charge on any atom is -0.406 e. The molecule has 106 valence electrons. The predicted octanol–water partition coefficient (Wildman–Crippen LogP) is 4.40. The highest BCUT2D eigenvalue weighted by molar-refractivity contribution is 6.33. The normalized spacial score (nSPS) is 11.4. The number of ether oxygens (including phenoxy) is 1. The van der Waals surface area contributed by atoms with Crippen LogP contribution in [0.15, 0.2) is 42.5 Å². The molecule has 0 aliphatic rings. The van der Waals surface area contributed by atoms with Crippen molar-refractivity contribution >= 4 is 11.6 Å². The molecular weight excluding hydrogens is 293 g/mol. The van der Waals surface area contributed by atoms with Gasteiger partial charge in [-0.15, -0.1) is 13.2 Å². The van der Waals surface area contributed by atoms with E-state index in [1.807, 2.05) is 0 Å². The quantitative estimate of drug-likeness (QED) is 0.910. The summed E-state index contributed by atoms with van der Waals surface area (Å²) in [6.07, 6.45) is -4.71. The Hall–Kier alpha value is -1.72. The van der Waals surface area contributed by atoms with Crippen LogP contribution in [0.1, 0.15) is 5.56 Å². The number of aliphatic hydroxyl groups is 1. The zero-order valence-corrected chi connectivity index (χ0v) is 10.9. The number of hydrogen-bond donors (Lipinski definition) is 1. The van der Waals surface area contributed by atoms with Crippen molar-refractivity contribution in [3.8, 4) is 16.9 Å². The highest BCUT2D eigenvalue weighted by Gasteiger charge is 2.30. The molecule has 0 saturated carbocycles. The van der Waals surface area contributed by atoms with Crippen LogP contribution in [0.2, 0.25) is 5.02 Å². The zero-order chi connectivity index (χ0) is 14.8. The average Bonchev–Trinajstić information content (AvgIpc) is 2.39. The summed E-state index contributed by atoms with van der Waals surface area (Å²) >= 11 is 6.04. The van der Waals surface area contributed by atoms with E-state index < -0.39 is 6.36 Å². The minimum absolute atomic E-state index is 0.139. The first-order valence-corrected chi connectivity index (χ1v) is 6.02. The van der Waals surface area contributed by atoms with Gasteiger partial charge < -0.3 is 9.84 Å². The lowest BCUT2D eigenvalue weighted by Crippen LogP contribution is -2.16. The monoisotopic (exact) mass is 302 g/mol. The first kappa shape index (κ1) is 14.7. The third-order valence-electron chi connectivity index (χ3n) is 2.61. The van der Waals surface area contributed by atoms with E-state index in [1.54, 1.807) is 18.2 Å². The van der Waals surface area contributed by atoms with Crippen molar-refractivity contribution < 1.29 is 23.0 Å². The number of aliphatic hydroxyl groups excluding tert-OH is 1. The predicted molar refractivity (Wildman–Crippen MR) is 69.5 cm³/mol. The number of halogens is 4. The van der Waals surface area contributed by atoms with Crippen molar-refractivity contribution in [3.63, 3.8) is 0 Å². The first-order valence-electron chi connectivity index (χ1n) is 5.64. The topological polar surface area (TPSA) is 29.5 Å². The van der Waals surface area contributed by atoms with Gasteiger partial charge in [0.05, 0.1) is 6.61 Å². The fourth-order valence-corrected chi connectivity index (χ4v) is 1.95. The van der Waals surface area contributed by atoms with Crippen LogP contribution in [0.5, 0.6) is 5.75 Å². The van der Waals surface area contributed by atoms with Crippen molar-refractivity contribution in [1.29, 1.82) is 0 Å². The van der Waals surface area contributed by atoms with Crippen molar-refractivity contribution in [1.82, 2.24) is 0 Å². The average molecular weight is 303 g/mol. The van der Waals surface area contributed by atoms with Crippen LogP contribution in [-0.2, 0) is 6.61 Å². The lowest BCUT2D eigenvalue weighted by molar-refractivity contribution is -0.274. The molecule has 0 aliphatic carbocycles. The molecule has 20 heavy (non-hydrogen) atoms. The summed E-state index contributed by atoms with van der Waals surface area (Å²) in [6.45, 7) is -0.139. The van der Waals surface area contributed by atoms with Gasteiger partial charge in [0.2, 0.25) is 0 Å². The Balaban J connectivity index is 2.30. The van der Waals surface area contributed by atoms with Crippen LogP contribution in [-0.4, -0.2) is 11.5 Å². The fourth-order valence-electron chi connectivity index (χ4n) is 1.73. The standard InChI is InChI=1S/C14H10ClF3O2/c15-13-6-1-9(8-19)7-12(13)10-2-4-11(5-3-10)20-14(16,17)18/h1-7,19H,8H2. The molecule has 0 bridgehead atoms. The van der Waals surface area contributed by atoms with Crippen LogP contribution in [0.25, 0.3) is 11.1 Å². The number of hydrogen-bond acceptors (Lipinski definition) is 2. The second-order valence-corrected chi connectivity index (χ2v) is 4.45. The Morgan fingerprint density at radius 3 is 2.25 bits per heavy atom. The molecular formula is C14H10ClF3O2. The Morgan fingerprint density at radius 1 is 1.05 bits per heavy atom. The molecule has 0 saturated heterocycles. The smallest absolute Gasteiger partial charge is 0.406 e. The number of benzene rings is 2. The highest BCUT2D eigenvalue weighted by atomic mass is 35.5. The van der Waals surface area contributed by atoms with Gasteiger partial charge in [-0.3, -0.25) is 0 Å². The molecule has 1 N–H and O–H groups in total. The molecule has 6 heteroatoms. The molecule has 0 amide bonds. The molecule has 2 rings (SSSR count). The summed E-state index contributed by atoms with van der Waals surface area (Å²) in [7, 11) is 0. The van der Waals surface area contributed by atoms with Gasteiger partial charge in [0.1, 0.15) is 5.75 Å². The fraction of sp³-hybridized carbons (Fsp3) is 0.143. The highest BCUT2D eigenvalue weighted by Crippen LogP contribution is 2.31. The van der Waals surface area contributed by atoms with E-state index >= 15 is 0 Å². The van der Waals surface area contributed by atoms with Crippen molar-refractivity contribution in [2.24, 2.45) is 0 Å². The molecule has 0 aliphatic heterocycles. The SMILES string of the molecule is OCc1ccc(Cl)c(-c2ccc(OC(F)(F)F)cc2)c1. The van der Waals surface area contributed by atoms with E-state index in [2.05, 4.69) is 4.74 Å². The van der Waals surface area contributed by atoms with Crippen LogP contribution in [0.4, 0.5) is 13.2 Å². The second-order valence-electron chi connectivity index (χ2n) is 4.04. The van der Waals surface area contributed by atoms with Crippen molar-refractivity contribution in [2.45, 2.75) is 13.0 Å². The molecule has 2 nitrogen and oxygen atoms in total. The molecule has 2 aromatic carbocycles. The van der Waals surface area contributed by atoms with Gasteiger partial charge in [-0.05, 0) is 35.4 Å². The third kappa shape index (κ3) is 3.65. The summed E-state index contributed by atoms with van der Waals surface area (Å²) in [5.74, 6) is -0.296. The first-order chi connectivity index (χ1) is 9.39. The Morgan fingerprint density at radius 2 is 1.70 bits per heavy atom. The van der Waals surface area contributed by atoms with Gasteiger partial charge in [0, 0.05) is 10.6 Å². The molecule has 0 heterocycles. The van der Waals surface area contributed by atoms with E-state index in [1.165, 1.54) is 24.3 Å². The van der Waals surface area contributed by atoms with E-state index in [0.29, 0.717) is 21.7 Å². The molecule has 0 spiro atoms. The largest absolute Gasteiger partial charge is 0.573 e. The Bertz CT molecular complexity index is 594. The van der Waals surface area contributed by atoms with Gasteiger partial charge in [-0.2, -0.15) is 0 Å². The molecule has 0 unspecified atom stereocenters. The summed E-state index contributed by atoms with van der Waals surface area (Å²) in [5.41, 5.74) is 1.94. The Kier molecular flexibility index (Phi) is 4.20. The van der Waals surface area contributed by atoms with Gasteiger partial charge in [-0.1, -0.05) is 29.8 Å². The van der Waals surface area contributed by atoms with E-state index in [9.17, 15) is 13.2 Å². The molecule has 0 radical (unpaired) electrons. The van der Waals surface area contributed by atoms with E-state index in [0.717, 1.165) is 0 Å². The molecule has 0 aromatic heterocycles. The van der Waals surface area contributed by atoms with Crippen molar-refractivity contribution in [3.05, 3.63) is 53.1 Å². The summed E-state index contributed by atoms with van der Waals surface area (Å²) < 4.78 is 40.0. The maximum atomic E-state index is 12.1. The molecule has 0 atom stereocenters. The Labute approximate surface area is 118 Å². The van der Waals surface area contributed by atoms with Crippen LogP contribution >= 0.6 is 11.6 Å². The van der Waals surface area contributed by atoms with Crippen LogP contribution < -0.4 is 4.74 Å². The zero-order valence-electron chi connectivity index (χ0n) is 10.1. The van der Waals surface area contributed by atoms with Crippen LogP contribution in [0, 0.1) is 0 Å². The van der Waals surface area contributed by atoms with Gasteiger partial charge in [0.25, 0.3) is 0 Å². The van der Waals surface area contributed by atoms with Gasteiger partial charge >= 0.3 is 6.36 Å². The minimum atomic E-state index is -4.71. The maximum Gasteiger partial charge on any atom is 0.573 e. The van der Waals surface area contributed by atoms with E-state index in [-0.39, 0.29) is 12.4 Å². The van der Waals surface area contributed by atoms with Gasteiger partial charge in [0.15, 0.2) is 0 Å². The summed E-state index contributed by atoms with van der Waals surface area (Å²) in [6, 6.07) is 10.4. The van der Waals surface area contributed by atoms with E-state index in [4.69, 9.17) is 16.7 Å². The van der Waals surface area contributed by atoms with Crippen LogP contribution in [0.3, 0.4) is 0 Å².